The third-order valence-corrected chi connectivity index (χ3v) is 3.17. The summed E-state index contributed by atoms with van der Waals surface area (Å²) in [4.78, 5) is 2.43. The van der Waals surface area contributed by atoms with Gasteiger partial charge in [-0.25, -0.2) is 0 Å². The van der Waals surface area contributed by atoms with E-state index < -0.39 is 0 Å². The summed E-state index contributed by atoms with van der Waals surface area (Å²) in [5, 5.41) is 0. The highest BCUT2D eigenvalue weighted by Gasteiger charge is 2.31. The molecule has 0 aromatic heterocycles. The van der Waals surface area contributed by atoms with Gasteiger partial charge in [0.1, 0.15) is 6.04 Å². The van der Waals surface area contributed by atoms with E-state index in [1.165, 1.54) is 30.5 Å². The molecule has 0 spiro atoms. The molecule has 1 rings (SSSR count). The van der Waals surface area contributed by atoms with E-state index in [2.05, 4.69) is 33.0 Å². The summed E-state index contributed by atoms with van der Waals surface area (Å²) in [5.74, 6) is 0. The molecular weight excluding hydrogens is 136 g/mol. The van der Waals surface area contributed by atoms with Crippen molar-refractivity contribution >= 4 is 0 Å². The molecule has 0 N–H and O–H groups in total. The minimum atomic E-state index is 0.866. The lowest BCUT2D eigenvalue weighted by Crippen LogP contribution is -2.49. The summed E-state index contributed by atoms with van der Waals surface area (Å²) in [6.45, 7) is 6.09. The maximum absolute atomic E-state index is 2.43. The zero-order valence-electron chi connectivity index (χ0n) is 8.30. The fourth-order valence-electron chi connectivity index (χ4n) is 1.74. The van der Waals surface area contributed by atoms with Crippen molar-refractivity contribution in [1.29, 1.82) is 0 Å². The van der Waals surface area contributed by atoms with Crippen LogP contribution in [0.3, 0.4) is 0 Å². The first-order valence-corrected chi connectivity index (χ1v) is 4.57. The number of rotatable bonds is 2. The Bertz CT molecular complexity index is 132. The van der Waals surface area contributed by atoms with E-state index in [-0.39, 0.29) is 0 Å². The second-order valence-electron chi connectivity index (χ2n) is 4.30. The minimum absolute atomic E-state index is 0.866. The number of quaternary nitrogens is 1. The molecule has 11 heavy (non-hydrogen) atoms. The fraction of sp³-hybridized carbons (Fsp3) is 1.00. The molecular formula is C9H21N2+. The molecule has 1 atom stereocenters. The van der Waals surface area contributed by atoms with E-state index in [4.69, 9.17) is 0 Å². The molecule has 66 valence electrons. The number of nitrogens with zero attached hydrogens (tertiary/aromatic N) is 2. The smallest absolute Gasteiger partial charge is 0.103 e. The fourth-order valence-corrected chi connectivity index (χ4v) is 1.74. The topological polar surface area (TPSA) is 3.24 Å². The zero-order valence-corrected chi connectivity index (χ0v) is 8.30. The predicted octanol–water partition coefficient (Wildman–Crippen LogP) is 0.787. The molecule has 2 nitrogen and oxygen atoms in total. The molecule has 1 aliphatic rings. The van der Waals surface area contributed by atoms with Crippen molar-refractivity contribution in [1.82, 2.24) is 4.90 Å². The van der Waals surface area contributed by atoms with Crippen molar-refractivity contribution in [2.24, 2.45) is 0 Å². The lowest BCUT2D eigenvalue weighted by atomic mass is 10.2. The van der Waals surface area contributed by atoms with Crippen molar-refractivity contribution in [3.8, 4) is 0 Å². The van der Waals surface area contributed by atoms with Gasteiger partial charge >= 0.3 is 0 Å². The van der Waals surface area contributed by atoms with Crippen molar-refractivity contribution in [2.75, 3.05) is 40.8 Å². The SMILES string of the molecule is CC[N+](C)(C)C1CCN(C)C1. The van der Waals surface area contributed by atoms with Crippen molar-refractivity contribution in [2.45, 2.75) is 19.4 Å². The lowest BCUT2D eigenvalue weighted by molar-refractivity contribution is -0.911. The van der Waals surface area contributed by atoms with Gasteiger partial charge in [0.15, 0.2) is 0 Å². The van der Waals surface area contributed by atoms with Crippen molar-refractivity contribution < 1.29 is 4.48 Å². The second-order valence-corrected chi connectivity index (χ2v) is 4.30. The summed E-state index contributed by atoms with van der Waals surface area (Å²) >= 11 is 0. The van der Waals surface area contributed by atoms with Gasteiger partial charge in [0.05, 0.1) is 27.2 Å². The van der Waals surface area contributed by atoms with Crippen LogP contribution in [-0.2, 0) is 0 Å². The van der Waals surface area contributed by atoms with Gasteiger partial charge in [0, 0.05) is 13.0 Å². The summed E-state index contributed by atoms with van der Waals surface area (Å²) < 4.78 is 1.18. The number of likely N-dealkylation sites (tertiary alicyclic amines) is 1. The molecule has 1 unspecified atom stereocenters. The largest absolute Gasteiger partial charge is 0.325 e. The molecule has 1 saturated heterocycles. The van der Waals surface area contributed by atoms with Gasteiger partial charge in [-0.15, -0.1) is 0 Å². The molecule has 0 aromatic carbocycles. The molecule has 0 aliphatic carbocycles. The molecule has 0 radical (unpaired) electrons. The van der Waals surface area contributed by atoms with Crippen LogP contribution in [0.2, 0.25) is 0 Å². The Balaban J connectivity index is 2.48. The molecule has 0 amide bonds. The predicted molar refractivity (Wildman–Crippen MR) is 48.6 cm³/mol. The third kappa shape index (κ3) is 1.94. The quantitative estimate of drug-likeness (QED) is 0.536. The second kappa shape index (κ2) is 3.11. The Hall–Kier alpha value is -0.0800. The average Bonchev–Trinajstić information content (AvgIpc) is 2.36. The summed E-state index contributed by atoms with van der Waals surface area (Å²) in [5.41, 5.74) is 0. The van der Waals surface area contributed by atoms with Crippen molar-refractivity contribution in [3.05, 3.63) is 0 Å². The standard InChI is InChI=1S/C9H21N2/c1-5-11(3,4)9-6-7-10(2)8-9/h9H,5-8H2,1-4H3/q+1. The normalized spacial score (nSPS) is 27.8. The first kappa shape index (κ1) is 9.01. The van der Waals surface area contributed by atoms with Gasteiger partial charge in [-0.1, -0.05) is 0 Å². The summed E-state index contributed by atoms with van der Waals surface area (Å²) in [6.07, 6.45) is 1.37. The van der Waals surface area contributed by atoms with E-state index in [0.717, 1.165) is 6.04 Å². The maximum Gasteiger partial charge on any atom is 0.103 e. The Morgan fingerprint density at radius 2 is 2.09 bits per heavy atom. The van der Waals surface area contributed by atoms with Crippen LogP contribution < -0.4 is 0 Å². The molecule has 1 fully saturated rings. The monoisotopic (exact) mass is 157 g/mol. The Labute approximate surface area is 70.4 Å². The van der Waals surface area contributed by atoms with Crippen LogP contribution in [0.15, 0.2) is 0 Å². The molecule has 0 saturated carbocycles. The van der Waals surface area contributed by atoms with Crippen molar-refractivity contribution in [3.63, 3.8) is 0 Å². The van der Waals surface area contributed by atoms with Crippen LogP contribution in [0.4, 0.5) is 0 Å². The third-order valence-electron chi connectivity index (χ3n) is 3.17. The Kier molecular flexibility index (Phi) is 2.55. The van der Waals surface area contributed by atoms with Crippen LogP contribution in [-0.4, -0.2) is 56.2 Å². The van der Waals surface area contributed by atoms with E-state index >= 15 is 0 Å². The van der Waals surface area contributed by atoms with Gasteiger partial charge < -0.3 is 9.38 Å². The van der Waals surface area contributed by atoms with Crippen LogP contribution in [0, 0.1) is 0 Å². The summed E-state index contributed by atoms with van der Waals surface area (Å²) in [7, 11) is 6.89. The zero-order chi connectivity index (χ0) is 8.48. The van der Waals surface area contributed by atoms with E-state index in [9.17, 15) is 0 Å². The highest BCUT2D eigenvalue weighted by Crippen LogP contribution is 2.17. The van der Waals surface area contributed by atoms with Gasteiger partial charge in [0.25, 0.3) is 0 Å². The van der Waals surface area contributed by atoms with Gasteiger partial charge in [0.2, 0.25) is 0 Å². The molecule has 1 aliphatic heterocycles. The van der Waals surface area contributed by atoms with Crippen LogP contribution in [0.1, 0.15) is 13.3 Å². The Morgan fingerprint density at radius 1 is 1.45 bits per heavy atom. The van der Waals surface area contributed by atoms with Crippen LogP contribution in [0.5, 0.6) is 0 Å². The van der Waals surface area contributed by atoms with Crippen LogP contribution >= 0.6 is 0 Å². The Morgan fingerprint density at radius 3 is 2.45 bits per heavy atom. The molecule has 1 heterocycles. The highest BCUT2D eigenvalue weighted by molar-refractivity contribution is 4.73. The van der Waals surface area contributed by atoms with Gasteiger partial charge in [-0.2, -0.15) is 0 Å². The minimum Gasteiger partial charge on any atom is -0.325 e. The van der Waals surface area contributed by atoms with E-state index in [1.54, 1.807) is 0 Å². The van der Waals surface area contributed by atoms with Crippen LogP contribution in [0.25, 0.3) is 0 Å². The van der Waals surface area contributed by atoms with Gasteiger partial charge in [-0.3, -0.25) is 0 Å². The average molecular weight is 157 g/mol. The number of hydrogen-bond donors (Lipinski definition) is 0. The van der Waals surface area contributed by atoms with E-state index in [0.29, 0.717) is 0 Å². The first-order chi connectivity index (χ1) is 5.06. The van der Waals surface area contributed by atoms with E-state index in [1.807, 2.05) is 0 Å². The maximum atomic E-state index is 2.43. The molecule has 2 heteroatoms. The molecule has 0 aromatic rings. The van der Waals surface area contributed by atoms with Gasteiger partial charge in [-0.05, 0) is 14.0 Å². The lowest BCUT2D eigenvalue weighted by Gasteiger charge is -2.34. The number of hydrogen-bond acceptors (Lipinski definition) is 1. The summed E-state index contributed by atoms with van der Waals surface area (Å²) in [6, 6.07) is 0.866. The number of likely N-dealkylation sites (N-methyl/N-ethyl adjacent to an activating group) is 2. The highest BCUT2D eigenvalue weighted by atomic mass is 15.4. The first-order valence-electron chi connectivity index (χ1n) is 4.57. The molecule has 0 bridgehead atoms.